The van der Waals surface area contributed by atoms with Crippen molar-refractivity contribution in [2.45, 2.75) is 45.7 Å². The van der Waals surface area contributed by atoms with Crippen LogP contribution in [0, 0.1) is 5.92 Å². The average Bonchev–Trinajstić information content (AvgIpc) is 2.82. The number of hydrogen-bond acceptors (Lipinski definition) is 3. The van der Waals surface area contributed by atoms with Gasteiger partial charge in [-0.3, -0.25) is 0 Å². The summed E-state index contributed by atoms with van der Waals surface area (Å²) in [4.78, 5) is 6.72. The summed E-state index contributed by atoms with van der Waals surface area (Å²) in [6, 6.07) is 0.667. The Morgan fingerprint density at radius 2 is 2.32 bits per heavy atom. The second-order valence-corrected chi connectivity index (χ2v) is 5.75. The largest absolute Gasteiger partial charge is 0.337 e. The Morgan fingerprint density at radius 3 is 3.05 bits per heavy atom. The van der Waals surface area contributed by atoms with Gasteiger partial charge in [-0.1, -0.05) is 20.3 Å². The zero-order chi connectivity index (χ0) is 13.5. The SMILES string of the molecule is CCC(C)C1CN(CCCn2ccnc2)CCCN1. The molecular weight excluding hydrogens is 236 g/mol. The Morgan fingerprint density at radius 1 is 1.42 bits per heavy atom. The van der Waals surface area contributed by atoms with E-state index in [4.69, 9.17) is 0 Å². The summed E-state index contributed by atoms with van der Waals surface area (Å²) in [5.74, 6) is 0.772. The molecule has 0 amide bonds. The maximum absolute atomic E-state index is 4.09. The topological polar surface area (TPSA) is 33.1 Å². The zero-order valence-electron chi connectivity index (χ0n) is 12.4. The Bertz CT molecular complexity index is 336. The van der Waals surface area contributed by atoms with Gasteiger partial charge >= 0.3 is 0 Å². The number of nitrogens with zero attached hydrogens (tertiary/aromatic N) is 3. The molecule has 1 aliphatic rings. The van der Waals surface area contributed by atoms with Crippen molar-refractivity contribution >= 4 is 0 Å². The molecule has 1 N–H and O–H groups in total. The standard InChI is InChI=1S/C15H28N4/c1-3-14(2)15-12-18(8-4-6-17-15)9-5-10-19-11-7-16-13-19/h7,11,13-15,17H,3-6,8-10,12H2,1-2H3. The molecule has 2 atom stereocenters. The van der Waals surface area contributed by atoms with Crippen LogP contribution in [0.4, 0.5) is 0 Å². The molecule has 2 unspecified atom stereocenters. The highest BCUT2D eigenvalue weighted by Crippen LogP contribution is 2.12. The lowest BCUT2D eigenvalue weighted by atomic mass is 9.99. The van der Waals surface area contributed by atoms with E-state index in [1.165, 1.54) is 45.4 Å². The van der Waals surface area contributed by atoms with E-state index in [9.17, 15) is 0 Å². The van der Waals surface area contributed by atoms with Crippen LogP contribution in [-0.2, 0) is 6.54 Å². The fourth-order valence-corrected chi connectivity index (χ4v) is 2.79. The third kappa shape index (κ3) is 4.62. The van der Waals surface area contributed by atoms with Crippen molar-refractivity contribution in [1.29, 1.82) is 0 Å². The molecule has 4 nitrogen and oxygen atoms in total. The maximum Gasteiger partial charge on any atom is 0.0945 e. The summed E-state index contributed by atoms with van der Waals surface area (Å²) >= 11 is 0. The smallest absolute Gasteiger partial charge is 0.0945 e. The predicted molar refractivity (Wildman–Crippen MR) is 79.1 cm³/mol. The number of rotatable bonds is 6. The molecule has 108 valence electrons. The fourth-order valence-electron chi connectivity index (χ4n) is 2.79. The van der Waals surface area contributed by atoms with Gasteiger partial charge in [-0.05, 0) is 38.4 Å². The molecule has 2 rings (SSSR count). The van der Waals surface area contributed by atoms with Gasteiger partial charge in [-0.15, -0.1) is 0 Å². The van der Waals surface area contributed by atoms with Gasteiger partial charge < -0.3 is 14.8 Å². The number of aryl methyl sites for hydroxylation is 1. The van der Waals surface area contributed by atoms with Crippen molar-refractivity contribution in [2.75, 3.05) is 26.2 Å². The Labute approximate surface area is 117 Å². The van der Waals surface area contributed by atoms with E-state index in [1.807, 2.05) is 18.7 Å². The van der Waals surface area contributed by atoms with Crippen LogP contribution in [0.3, 0.4) is 0 Å². The van der Waals surface area contributed by atoms with E-state index in [0.717, 1.165) is 12.5 Å². The summed E-state index contributed by atoms with van der Waals surface area (Å²) in [5.41, 5.74) is 0. The van der Waals surface area contributed by atoms with Crippen molar-refractivity contribution in [3.05, 3.63) is 18.7 Å². The monoisotopic (exact) mass is 264 g/mol. The van der Waals surface area contributed by atoms with Gasteiger partial charge in [0, 0.05) is 31.5 Å². The van der Waals surface area contributed by atoms with Crippen molar-refractivity contribution in [1.82, 2.24) is 19.8 Å². The minimum absolute atomic E-state index is 0.667. The first-order valence-electron chi connectivity index (χ1n) is 7.71. The highest BCUT2D eigenvalue weighted by molar-refractivity contribution is 4.80. The van der Waals surface area contributed by atoms with E-state index >= 15 is 0 Å². The molecule has 19 heavy (non-hydrogen) atoms. The Kier molecular flexibility index (Phi) is 5.86. The molecule has 1 saturated heterocycles. The van der Waals surface area contributed by atoms with Crippen molar-refractivity contribution in [3.63, 3.8) is 0 Å². The van der Waals surface area contributed by atoms with Crippen LogP contribution in [0.5, 0.6) is 0 Å². The van der Waals surface area contributed by atoms with Gasteiger partial charge in [-0.25, -0.2) is 4.98 Å². The summed E-state index contributed by atoms with van der Waals surface area (Å²) in [6.07, 6.45) is 9.56. The van der Waals surface area contributed by atoms with Crippen LogP contribution in [0.2, 0.25) is 0 Å². The third-order valence-corrected chi connectivity index (χ3v) is 4.29. The molecule has 0 saturated carbocycles. The molecule has 2 heterocycles. The van der Waals surface area contributed by atoms with E-state index in [2.05, 4.69) is 33.6 Å². The van der Waals surface area contributed by atoms with E-state index in [0.29, 0.717) is 6.04 Å². The Balaban J connectivity index is 1.75. The molecule has 0 aromatic carbocycles. The first-order valence-corrected chi connectivity index (χ1v) is 7.71. The highest BCUT2D eigenvalue weighted by atomic mass is 15.2. The minimum Gasteiger partial charge on any atom is -0.337 e. The molecule has 0 bridgehead atoms. The van der Waals surface area contributed by atoms with Gasteiger partial charge in [0.05, 0.1) is 6.33 Å². The maximum atomic E-state index is 4.09. The molecule has 0 spiro atoms. The molecule has 1 fully saturated rings. The van der Waals surface area contributed by atoms with E-state index in [1.54, 1.807) is 0 Å². The number of nitrogens with one attached hydrogen (secondary N) is 1. The predicted octanol–water partition coefficient (Wildman–Crippen LogP) is 1.98. The lowest BCUT2D eigenvalue weighted by molar-refractivity contribution is 0.232. The van der Waals surface area contributed by atoms with Crippen LogP contribution in [0.15, 0.2) is 18.7 Å². The van der Waals surface area contributed by atoms with Gasteiger partial charge in [-0.2, -0.15) is 0 Å². The fraction of sp³-hybridized carbons (Fsp3) is 0.800. The molecule has 0 radical (unpaired) electrons. The van der Waals surface area contributed by atoms with E-state index in [-0.39, 0.29) is 0 Å². The third-order valence-electron chi connectivity index (χ3n) is 4.29. The van der Waals surface area contributed by atoms with Gasteiger partial charge in [0.25, 0.3) is 0 Å². The van der Waals surface area contributed by atoms with Crippen LogP contribution < -0.4 is 5.32 Å². The van der Waals surface area contributed by atoms with Crippen LogP contribution in [-0.4, -0.2) is 46.7 Å². The molecule has 1 aromatic rings. The van der Waals surface area contributed by atoms with Crippen LogP contribution in [0.25, 0.3) is 0 Å². The van der Waals surface area contributed by atoms with Crippen LogP contribution in [0.1, 0.15) is 33.1 Å². The highest BCUT2D eigenvalue weighted by Gasteiger charge is 2.21. The zero-order valence-corrected chi connectivity index (χ0v) is 12.4. The van der Waals surface area contributed by atoms with E-state index < -0.39 is 0 Å². The number of aromatic nitrogens is 2. The molecule has 4 heteroatoms. The number of imidazole rings is 1. The van der Waals surface area contributed by atoms with Crippen molar-refractivity contribution in [2.24, 2.45) is 5.92 Å². The minimum atomic E-state index is 0.667. The quantitative estimate of drug-likeness (QED) is 0.853. The van der Waals surface area contributed by atoms with Gasteiger partial charge in [0.15, 0.2) is 0 Å². The second-order valence-electron chi connectivity index (χ2n) is 5.75. The molecule has 0 aliphatic carbocycles. The summed E-state index contributed by atoms with van der Waals surface area (Å²) < 4.78 is 2.17. The lowest BCUT2D eigenvalue weighted by Gasteiger charge is -2.28. The molecule has 1 aliphatic heterocycles. The second kappa shape index (κ2) is 7.65. The van der Waals surface area contributed by atoms with Crippen molar-refractivity contribution in [3.8, 4) is 0 Å². The van der Waals surface area contributed by atoms with Gasteiger partial charge in [0.2, 0.25) is 0 Å². The Hall–Kier alpha value is -0.870. The molecular formula is C15H28N4. The number of hydrogen-bond donors (Lipinski definition) is 1. The first kappa shape index (κ1) is 14.5. The molecule has 1 aromatic heterocycles. The van der Waals surface area contributed by atoms with Crippen molar-refractivity contribution < 1.29 is 0 Å². The van der Waals surface area contributed by atoms with Gasteiger partial charge in [0.1, 0.15) is 0 Å². The summed E-state index contributed by atoms with van der Waals surface area (Å²) in [5, 5.41) is 3.71. The first-order chi connectivity index (χ1) is 9.29. The normalized spacial score (nSPS) is 23.2. The summed E-state index contributed by atoms with van der Waals surface area (Å²) in [6.45, 7) is 10.6. The summed E-state index contributed by atoms with van der Waals surface area (Å²) in [7, 11) is 0. The lowest BCUT2D eigenvalue weighted by Crippen LogP contribution is -2.42. The van der Waals surface area contributed by atoms with Crippen LogP contribution >= 0.6 is 0 Å². The average molecular weight is 264 g/mol.